The Balaban J connectivity index is 3.72. The van der Waals surface area contributed by atoms with Gasteiger partial charge in [0.2, 0.25) is 0 Å². The molecule has 0 aromatic heterocycles. The molecule has 0 saturated heterocycles. The lowest BCUT2D eigenvalue weighted by atomic mass is 11.1. The maximum Gasteiger partial charge on any atom is 0.196 e. The number of amidine groups is 1. The maximum atomic E-state index is 5.26. The minimum atomic E-state index is 0.616. The van der Waals surface area contributed by atoms with Gasteiger partial charge < -0.3 is 5.84 Å². The van der Waals surface area contributed by atoms with Gasteiger partial charge in [-0.1, -0.05) is 11.8 Å². The molecule has 0 rings (SSSR count). The average molecular weight is 134 g/mol. The topological polar surface area (TPSA) is 67.6 Å². The van der Waals surface area contributed by atoms with E-state index in [2.05, 4.69) is 5.10 Å². The highest BCUT2D eigenvalue weighted by atomic mass is 32.2. The summed E-state index contributed by atoms with van der Waals surface area (Å²) >= 11 is 1.40. The summed E-state index contributed by atoms with van der Waals surface area (Å²) in [6.45, 7) is 0. The van der Waals surface area contributed by atoms with E-state index < -0.39 is 0 Å². The summed E-state index contributed by atoms with van der Waals surface area (Å²) in [7, 11) is 1.68. The van der Waals surface area contributed by atoms with Crippen molar-refractivity contribution in [3.63, 3.8) is 0 Å². The van der Waals surface area contributed by atoms with Crippen LogP contribution in [0.5, 0.6) is 0 Å². The molecule has 48 valence electrons. The Morgan fingerprint density at radius 1 is 1.75 bits per heavy atom. The summed E-state index contributed by atoms with van der Waals surface area (Å²) in [5, 5.41) is 5.37. The molecule has 0 aromatic rings. The number of rotatable bonds is 0. The zero-order chi connectivity index (χ0) is 6.57. The molecule has 0 saturated carbocycles. The molecule has 0 aliphatic rings. The van der Waals surface area contributed by atoms with Gasteiger partial charge in [0.05, 0.1) is 0 Å². The summed E-state index contributed by atoms with van der Waals surface area (Å²) in [5.74, 6) is 10.2. The molecule has 0 unspecified atom stereocenters. The second kappa shape index (κ2) is 3.57. The number of hydrogen-bond acceptors (Lipinski definition) is 4. The molecule has 0 radical (unpaired) electrons. The van der Waals surface area contributed by atoms with E-state index in [0.717, 1.165) is 0 Å². The van der Waals surface area contributed by atoms with Gasteiger partial charge in [-0.15, -0.1) is 0 Å². The predicted octanol–water partition coefficient (Wildman–Crippen LogP) is -0.615. The summed E-state index contributed by atoms with van der Waals surface area (Å²) in [6, 6.07) is 0. The van der Waals surface area contributed by atoms with E-state index >= 15 is 0 Å². The van der Waals surface area contributed by atoms with Crippen molar-refractivity contribution < 1.29 is 0 Å². The first-order chi connectivity index (χ1) is 3.72. The molecule has 0 spiro atoms. The van der Waals surface area contributed by atoms with Crippen LogP contribution in [0.15, 0.2) is 5.10 Å². The first-order valence-corrected chi connectivity index (χ1v) is 3.25. The molecular weight excluding hydrogens is 124 g/mol. The molecule has 0 atom stereocenters. The molecular formula is C3H10N4S. The SMILES string of the molecule is CS/C(=N\N)N(C)N. The normalized spacial score (nSPS) is 11.6. The van der Waals surface area contributed by atoms with Gasteiger partial charge >= 0.3 is 0 Å². The van der Waals surface area contributed by atoms with Gasteiger partial charge in [-0.05, 0) is 6.26 Å². The number of hydrazone groups is 1. The van der Waals surface area contributed by atoms with Gasteiger partial charge in [0.25, 0.3) is 0 Å². The summed E-state index contributed by atoms with van der Waals surface area (Å²) in [6.07, 6.45) is 1.86. The van der Waals surface area contributed by atoms with E-state index in [4.69, 9.17) is 11.7 Å². The highest BCUT2D eigenvalue weighted by molar-refractivity contribution is 8.13. The number of nitrogens with two attached hydrogens (primary N) is 2. The molecule has 0 aliphatic heterocycles. The van der Waals surface area contributed by atoms with E-state index in [1.165, 1.54) is 16.8 Å². The van der Waals surface area contributed by atoms with Crippen molar-refractivity contribution in [1.82, 2.24) is 5.01 Å². The number of hydrazine groups is 1. The molecule has 0 bridgehead atoms. The van der Waals surface area contributed by atoms with Gasteiger partial charge in [0, 0.05) is 7.05 Å². The Morgan fingerprint density at radius 2 is 2.25 bits per heavy atom. The van der Waals surface area contributed by atoms with Gasteiger partial charge in [-0.3, -0.25) is 5.01 Å². The predicted molar refractivity (Wildman–Crippen MR) is 37.1 cm³/mol. The van der Waals surface area contributed by atoms with Crippen molar-refractivity contribution in [3.8, 4) is 0 Å². The van der Waals surface area contributed by atoms with Crippen LogP contribution in [-0.2, 0) is 0 Å². The molecule has 4 N–H and O–H groups in total. The van der Waals surface area contributed by atoms with Crippen molar-refractivity contribution in [2.45, 2.75) is 0 Å². The number of thioether (sulfide) groups is 1. The molecule has 0 aliphatic carbocycles. The van der Waals surface area contributed by atoms with E-state index in [1.54, 1.807) is 7.05 Å². The minimum Gasteiger partial charge on any atom is -0.321 e. The lowest BCUT2D eigenvalue weighted by molar-refractivity contribution is 0.548. The molecule has 8 heavy (non-hydrogen) atoms. The first kappa shape index (κ1) is 7.58. The molecule has 0 fully saturated rings. The lowest BCUT2D eigenvalue weighted by Crippen LogP contribution is -2.31. The zero-order valence-corrected chi connectivity index (χ0v) is 5.77. The van der Waals surface area contributed by atoms with Gasteiger partial charge in [0.15, 0.2) is 5.17 Å². The lowest BCUT2D eigenvalue weighted by Gasteiger charge is -2.09. The maximum absolute atomic E-state index is 5.26. The van der Waals surface area contributed by atoms with E-state index in [0.29, 0.717) is 5.17 Å². The zero-order valence-electron chi connectivity index (χ0n) is 4.96. The van der Waals surface area contributed by atoms with Crippen LogP contribution in [0.4, 0.5) is 0 Å². The van der Waals surface area contributed by atoms with Gasteiger partial charge in [-0.2, -0.15) is 5.10 Å². The van der Waals surface area contributed by atoms with Gasteiger partial charge in [0.1, 0.15) is 0 Å². The van der Waals surface area contributed by atoms with Crippen molar-refractivity contribution in [2.24, 2.45) is 16.8 Å². The molecule has 0 heterocycles. The Labute approximate surface area is 52.9 Å². The van der Waals surface area contributed by atoms with Gasteiger partial charge in [-0.25, -0.2) is 5.84 Å². The van der Waals surface area contributed by atoms with Crippen LogP contribution in [-0.4, -0.2) is 23.5 Å². The monoisotopic (exact) mass is 134 g/mol. The van der Waals surface area contributed by atoms with Crippen molar-refractivity contribution >= 4 is 16.9 Å². The molecule has 0 aromatic carbocycles. The van der Waals surface area contributed by atoms with Crippen molar-refractivity contribution in [2.75, 3.05) is 13.3 Å². The van der Waals surface area contributed by atoms with Crippen molar-refractivity contribution in [3.05, 3.63) is 0 Å². The Kier molecular flexibility index (Phi) is 3.38. The average Bonchev–Trinajstić information content (AvgIpc) is 1.69. The third-order valence-electron chi connectivity index (χ3n) is 0.595. The minimum absolute atomic E-state index is 0.616. The Morgan fingerprint density at radius 3 is 2.25 bits per heavy atom. The van der Waals surface area contributed by atoms with E-state index in [9.17, 15) is 0 Å². The van der Waals surface area contributed by atoms with Crippen LogP contribution in [0.1, 0.15) is 0 Å². The highest BCUT2D eigenvalue weighted by Crippen LogP contribution is 1.95. The summed E-state index contributed by atoms with van der Waals surface area (Å²) in [5.41, 5.74) is 0. The first-order valence-electron chi connectivity index (χ1n) is 2.02. The standard InChI is InChI=1S/C3H10N4S/c1-7(5)3(6-4)8-2/h4-5H2,1-2H3/b6-3-. The Hall–Kier alpha value is -0.420. The van der Waals surface area contributed by atoms with Crippen molar-refractivity contribution in [1.29, 1.82) is 0 Å². The highest BCUT2D eigenvalue weighted by Gasteiger charge is 1.95. The van der Waals surface area contributed by atoms with E-state index in [-0.39, 0.29) is 0 Å². The second-order valence-electron chi connectivity index (χ2n) is 1.23. The quantitative estimate of drug-likeness (QED) is 0.201. The second-order valence-corrected chi connectivity index (χ2v) is 2.00. The van der Waals surface area contributed by atoms with Crippen LogP contribution >= 0.6 is 11.8 Å². The largest absolute Gasteiger partial charge is 0.321 e. The fraction of sp³-hybridized carbons (Fsp3) is 0.667. The summed E-state index contributed by atoms with van der Waals surface area (Å²) < 4.78 is 0. The third kappa shape index (κ3) is 2.04. The molecule has 5 heteroatoms. The van der Waals surface area contributed by atoms with E-state index in [1.807, 2.05) is 6.26 Å². The Bertz CT molecular complexity index is 89.3. The van der Waals surface area contributed by atoms with Crippen LogP contribution < -0.4 is 11.7 Å². The summed E-state index contributed by atoms with van der Waals surface area (Å²) in [4.78, 5) is 0. The van der Waals surface area contributed by atoms with Crippen LogP contribution in [0, 0.1) is 0 Å². The smallest absolute Gasteiger partial charge is 0.196 e. The third-order valence-corrected chi connectivity index (χ3v) is 1.35. The van der Waals surface area contributed by atoms with Crippen LogP contribution in [0.2, 0.25) is 0 Å². The number of nitrogens with zero attached hydrogens (tertiary/aromatic N) is 2. The molecule has 4 nitrogen and oxygen atoms in total. The van der Waals surface area contributed by atoms with Crippen LogP contribution in [0.25, 0.3) is 0 Å². The van der Waals surface area contributed by atoms with Crippen LogP contribution in [0.3, 0.4) is 0 Å². The fourth-order valence-electron chi connectivity index (χ4n) is 0.288. The molecule has 0 amide bonds. The number of hydrogen-bond donors (Lipinski definition) is 2. The fourth-order valence-corrected chi connectivity index (χ4v) is 0.681.